The fourth-order valence-corrected chi connectivity index (χ4v) is 2.32. The molecule has 5 nitrogen and oxygen atoms in total. The topological polar surface area (TPSA) is 67.1 Å². The van der Waals surface area contributed by atoms with Crippen LogP contribution in [0.3, 0.4) is 0 Å². The molecular weight excluding hydrogens is 250 g/mol. The zero-order valence-corrected chi connectivity index (χ0v) is 13.7. The van der Waals surface area contributed by atoms with Crippen LogP contribution in [0.25, 0.3) is 0 Å². The summed E-state index contributed by atoms with van der Waals surface area (Å²) in [6.07, 6.45) is 1.88. The maximum Gasteiger partial charge on any atom is 0.134 e. The Morgan fingerprint density at radius 2 is 1.90 bits per heavy atom. The third kappa shape index (κ3) is 4.96. The van der Waals surface area contributed by atoms with Gasteiger partial charge in [-0.15, -0.1) is 0 Å². The Bertz CT molecular complexity index is 440. The summed E-state index contributed by atoms with van der Waals surface area (Å²) >= 11 is 0. The Morgan fingerprint density at radius 1 is 1.25 bits per heavy atom. The molecule has 20 heavy (non-hydrogen) atoms. The molecular formula is C15H29N5. The third-order valence-corrected chi connectivity index (χ3v) is 3.18. The number of aryl methyl sites for hydroxylation is 1. The lowest BCUT2D eigenvalue weighted by Crippen LogP contribution is -2.34. The maximum absolute atomic E-state index is 5.97. The van der Waals surface area contributed by atoms with Crippen molar-refractivity contribution in [2.45, 2.75) is 40.5 Å². The van der Waals surface area contributed by atoms with Gasteiger partial charge in [0.25, 0.3) is 0 Å². The zero-order chi connectivity index (χ0) is 15.3. The van der Waals surface area contributed by atoms with E-state index < -0.39 is 0 Å². The van der Waals surface area contributed by atoms with E-state index in [0.29, 0.717) is 5.82 Å². The van der Waals surface area contributed by atoms with Gasteiger partial charge in [-0.2, -0.15) is 0 Å². The van der Waals surface area contributed by atoms with Gasteiger partial charge < -0.3 is 16.0 Å². The van der Waals surface area contributed by atoms with Crippen molar-refractivity contribution in [3.05, 3.63) is 11.4 Å². The van der Waals surface area contributed by atoms with Gasteiger partial charge in [0, 0.05) is 25.1 Å². The average Bonchev–Trinajstić information content (AvgIpc) is 2.30. The lowest BCUT2D eigenvalue weighted by atomic mass is 9.93. The molecule has 0 atom stereocenters. The SMILES string of the molecule is CCCc1nc(N)c(C)c(NCC(C)(C)CN(C)C)n1. The number of hydrogen-bond acceptors (Lipinski definition) is 5. The molecule has 1 rings (SSSR count). The molecule has 1 aromatic rings. The summed E-state index contributed by atoms with van der Waals surface area (Å²) in [7, 11) is 4.18. The van der Waals surface area contributed by atoms with Crippen LogP contribution in [0, 0.1) is 12.3 Å². The number of aromatic nitrogens is 2. The molecule has 1 heterocycles. The van der Waals surface area contributed by atoms with Crippen molar-refractivity contribution in [2.75, 3.05) is 38.2 Å². The van der Waals surface area contributed by atoms with Gasteiger partial charge in [0.15, 0.2) is 0 Å². The summed E-state index contributed by atoms with van der Waals surface area (Å²) in [5.41, 5.74) is 7.08. The molecule has 1 aromatic heterocycles. The molecule has 0 bridgehead atoms. The van der Waals surface area contributed by atoms with E-state index >= 15 is 0 Å². The van der Waals surface area contributed by atoms with E-state index in [1.165, 1.54) is 0 Å². The molecule has 0 unspecified atom stereocenters. The monoisotopic (exact) mass is 279 g/mol. The average molecular weight is 279 g/mol. The second-order valence-corrected chi connectivity index (χ2v) is 6.50. The van der Waals surface area contributed by atoms with Crippen LogP contribution in [0.15, 0.2) is 0 Å². The number of nitrogens with zero attached hydrogens (tertiary/aromatic N) is 3. The molecule has 0 radical (unpaired) electrons. The normalized spacial score (nSPS) is 11.9. The van der Waals surface area contributed by atoms with Crippen molar-refractivity contribution in [1.82, 2.24) is 14.9 Å². The summed E-state index contributed by atoms with van der Waals surface area (Å²) in [5, 5.41) is 3.44. The van der Waals surface area contributed by atoms with Crippen molar-refractivity contribution < 1.29 is 0 Å². The molecule has 114 valence electrons. The molecule has 0 aliphatic carbocycles. The van der Waals surface area contributed by atoms with Gasteiger partial charge in [-0.25, -0.2) is 9.97 Å². The highest BCUT2D eigenvalue weighted by atomic mass is 15.1. The van der Waals surface area contributed by atoms with Gasteiger partial charge in [0.2, 0.25) is 0 Å². The van der Waals surface area contributed by atoms with E-state index in [4.69, 9.17) is 5.73 Å². The van der Waals surface area contributed by atoms with E-state index in [9.17, 15) is 0 Å². The minimum atomic E-state index is 0.167. The molecule has 0 saturated heterocycles. The summed E-state index contributed by atoms with van der Waals surface area (Å²) < 4.78 is 0. The number of nitrogens with one attached hydrogen (secondary N) is 1. The number of anilines is 2. The lowest BCUT2D eigenvalue weighted by Gasteiger charge is -2.29. The van der Waals surface area contributed by atoms with Crippen LogP contribution >= 0.6 is 0 Å². The van der Waals surface area contributed by atoms with Crippen molar-refractivity contribution in [3.8, 4) is 0 Å². The Morgan fingerprint density at radius 3 is 2.45 bits per heavy atom. The van der Waals surface area contributed by atoms with E-state index in [2.05, 4.69) is 55.1 Å². The van der Waals surface area contributed by atoms with Crippen molar-refractivity contribution in [2.24, 2.45) is 5.41 Å². The lowest BCUT2D eigenvalue weighted by molar-refractivity contribution is 0.254. The Balaban J connectivity index is 2.81. The van der Waals surface area contributed by atoms with E-state index in [1.54, 1.807) is 0 Å². The number of nitrogen functional groups attached to an aromatic ring is 1. The summed E-state index contributed by atoms with van der Waals surface area (Å²) in [5.74, 6) is 2.27. The molecule has 0 fully saturated rings. The predicted octanol–water partition coefficient (Wildman–Crippen LogP) is 2.32. The molecule has 0 spiro atoms. The zero-order valence-electron chi connectivity index (χ0n) is 13.7. The smallest absolute Gasteiger partial charge is 0.134 e. The molecule has 5 heteroatoms. The predicted molar refractivity (Wildman–Crippen MR) is 86.0 cm³/mol. The minimum Gasteiger partial charge on any atom is -0.383 e. The highest BCUT2D eigenvalue weighted by Crippen LogP contribution is 2.21. The first kappa shape index (κ1) is 16.7. The van der Waals surface area contributed by atoms with Gasteiger partial charge in [-0.1, -0.05) is 20.8 Å². The van der Waals surface area contributed by atoms with Crippen LogP contribution in [-0.4, -0.2) is 42.1 Å². The molecule has 0 aliphatic heterocycles. The fourth-order valence-electron chi connectivity index (χ4n) is 2.32. The van der Waals surface area contributed by atoms with Crippen molar-refractivity contribution in [1.29, 1.82) is 0 Å². The number of nitrogens with two attached hydrogens (primary N) is 1. The first-order chi connectivity index (χ1) is 9.25. The van der Waals surface area contributed by atoms with E-state index in [-0.39, 0.29) is 5.41 Å². The van der Waals surface area contributed by atoms with Gasteiger partial charge in [0.05, 0.1) is 0 Å². The van der Waals surface area contributed by atoms with Crippen LogP contribution in [-0.2, 0) is 6.42 Å². The van der Waals surface area contributed by atoms with Crippen LogP contribution in [0.1, 0.15) is 38.6 Å². The van der Waals surface area contributed by atoms with Crippen molar-refractivity contribution >= 4 is 11.6 Å². The summed E-state index contributed by atoms with van der Waals surface area (Å²) in [4.78, 5) is 11.1. The van der Waals surface area contributed by atoms with Gasteiger partial charge in [0.1, 0.15) is 17.5 Å². The highest BCUT2D eigenvalue weighted by Gasteiger charge is 2.19. The quantitative estimate of drug-likeness (QED) is 0.802. The number of rotatable bonds is 7. The van der Waals surface area contributed by atoms with E-state index in [1.807, 2.05) is 6.92 Å². The highest BCUT2D eigenvalue weighted by molar-refractivity contribution is 5.54. The Hall–Kier alpha value is -1.36. The standard InChI is InChI=1S/C15H29N5/c1-7-8-12-18-13(16)11(2)14(19-12)17-9-15(3,4)10-20(5)6/h7-10H2,1-6H3,(H3,16,17,18,19). The molecule has 3 N–H and O–H groups in total. The Labute approximate surface area is 123 Å². The first-order valence-electron chi connectivity index (χ1n) is 7.27. The second kappa shape index (κ2) is 6.88. The first-order valence-corrected chi connectivity index (χ1v) is 7.27. The van der Waals surface area contributed by atoms with Crippen LogP contribution in [0.2, 0.25) is 0 Å². The van der Waals surface area contributed by atoms with Crippen molar-refractivity contribution in [3.63, 3.8) is 0 Å². The molecule has 0 saturated carbocycles. The molecule has 0 aliphatic rings. The fraction of sp³-hybridized carbons (Fsp3) is 0.733. The number of hydrogen-bond donors (Lipinski definition) is 2. The summed E-state index contributed by atoms with van der Waals surface area (Å²) in [6, 6.07) is 0. The van der Waals surface area contributed by atoms with Crippen LogP contribution in [0.4, 0.5) is 11.6 Å². The minimum absolute atomic E-state index is 0.167. The molecule has 0 amide bonds. The van der Waals surface area contributed by atoms with Gasteiger partial charge >= 0.3 is 0 Å². The summed E-state index contributed by atoms with van der Waals surface area (Å²) in [6.45, 7) is 10.4. The second-order valence-electron chi connectivity index (χ2n) is 6.50. The Kier molecular flexibility index (Phi) is 5.74. The van der Waals surface area contributed by atoms with E-state index in [0.717, 1.165) is 43.1 Å². The van der Waals surface area contributed by atoms with Gasteiger partial charge in [-0.3, -0.25) is 0 Å². The third-order valence-electron chi connectivity index (χ3n) is 3.18. The van der Waals surface area contributed by atoms with Crippen LogP contribution in [0.5, 0.6) is 0 Å². The largest absolute Gasteiger partial charge is 0.383 e. The van der Waals surface area contributed by atoms with Gasteiger partial charge in [-0.05, 0) is 32.9 Å². The maximum atomic E-state index is 5.97. The van der Waals surface area contributed by atoms with Crippen LogP contribution < -0.4 is 11.1 Å². The molecule has 0 aromatic carbocycles.